The molecule has 5 nitrogen and oxygen atoms in total. The second-order valence-electron chi connectivity index (χ2n) is 2.95. The molecular weight excluding hydrogens is 262 g/mol. The topological polar surface area (TPSA) is 67.2 Å². The van der Waals surface area contributed by atoms with Crippen LogP contribution in [0.2, 0.25) is 0 Å². The second kappa shape index (κ2) is 5.67. The van der Waals surface area contributed by atoms with Gasteiger partial charge in [0.2, 0.25) is 0 Å². The summed E-state index contributed by atoms with van der Waals surface area (Å²) in [5.41, 5.74) is 0.624. The van der Waals surface area contributed by atoms with Crippen LogP contribution in [-0.2, 0) is 0 Å². The molecule has 1 rings (SSSR count). The van der Waals surface area contributed by atoms with Crippen molar-refractivity contribution in [1.82, 2.24) is 5.32 Å². The Bertz CT molecular complexity index is 357. The fraction of sp³-hybridized carbons (Fsp3) is 0.333. The van der Waals surface area contributed by atoms with E-state index >= 15 is 0 Å². The van der Waals surface area contributed by atoms with Gasteiger partial charge in [0.1, 0.15) is 5.69 Å². The predicted octanol–water partition coefficient (Wildman–Crippen LogP) is 1.99. The number of likely N-dealkylation sites (N-methyl/N-ethyl adjacent to an activating group) is 1. The quantitative estimate of drug-likeness (QED) is 0.489. The summed E-state index contributed by atoms with van der Waals surface area (Å²) in [6.45, 7) is 1.40. The van der Waals surface area contributed by atoms with E-state index in [0.29, 0.717) is 12.2 Å². The largest absolute Gasteiger partial charge is 0.378 e. The van der Waals surface area contributed by atoms with Crippen LogP contribution in [-0.4, -0.2) is 25.1 Å². The van der Waals surface area contributed by atoms with E-state index in [1.807, 2.05) is 7.05 Å². The normalized spacial score (nSPS) is 10.0. The summed E-state index contributed by atoms with van der Waals surface area (Å²) < 4.78 is 0.819. The first-order valence-corrected chi connectivity index (χ1v) is 5.27. The zero-order valence-corrected chi connectivity index (χ0v) is 9.87. The highest BCUT2D eigenvalue weighted by Gasteiger charge is 2.12. The zero-order chi connectivity index (χ0) is 11.3. The number of nitro benzene ring substituents is 1. The third kappa shape index (κ3) is 3.49. The SMILES string of the molecule is CNCCNc1cc(Br)ccc1[N+](=O)[O-]. The van der Waals surface area contributed by atoms with Crippen LogP contribution in [0.25, 0.3) is 0 Å². The lowest BCUT2D eigenvalue weighted by molar-refractivity contribution is -0.384. The van der Waals surface area contributed by atoms with Gasteiger partial charge in [0.15, 0.2) is 0 Å². The molecule has 0 saturated carbocycles. The standard InChI is InChI=1S/C9H12BrN3O2/c1-11-4-5-12-8-6-7(10)2-3-9(8)13(14)15/h2-3,6,11-12H,4-5H2,1H3. The Morgan fingerprint density at radius 1 is 1.47 bits per heavy atom. The predicted molar refractivity (Wildman–Crippen MR) is 63.2 cm³/mol. The van der Waals surface area contributed by atoms with Crippen LogP contribution in [0.4, 0.5) is 11.4 Å². The molecule has 0 radical (unpaired) electrons. The van der Waals surface area contributed by atoms with Crippen molar-refractivity contribution in [2.45, 2.75) is 0 Å². The molecule has 0 amide bonds. The minimum absolute atomic E-state index is 0.0919. The molecule has 0 atom stereocenters. The van der Waals surface area contributed by atoms with Crippen LogP contribution >= 0.6 is 15.9 Å². The van der Waals surface area contributed by atoms with Crippen LogP contribution in [0.3, 0.4) is 0 Å². The van der Waals surface area contributed by atoms with Gasteiger partial charge in [0.05, 0.1) is 4.92 Å². The smallest absolute Gasteiger partial charge is 0.292 e. The number of hydrogen-bond acceptors (Lipinski definition) is 4. The van der Waals surface area contributed by atoms with Crippen molar-refractivity contribution in [3.05, 3.63) is 32.8 Å². The van der Waals surface area contributed by atoms with Gasteiger partial charge in [-0.25, -0.2) is 0 Å². The van der Waals surface area contributed by atoms with E-state index in [1.165, 1.54) is 6.07 Å². The molecule has 6 heteroatoms. The molecule has 0 aromatic heterocycles. The van der Waals surface area contributed by atoms with Crippen molar-refractivity contribution in [2.75, 3.05) is 25.5 Å². The van der Waals surface area contributed by atoms with E-state index in [4.69, 9.17) is 0 Å². The van der Waals surface area contributed by atoms with E-state index in [9.17, 15) is 10.1 Å². The van der Waals surface area contributed by atoms with E-state index in [-0.39, 0.29) is 5.69 Å². The fourth-order valence-electron chi connectivity index (χ4n) is 1.13. The molecule has 0 spiro atoms. The van der Waals surface area contributed by atoms with E-state index in [1.54, 1.807) is 12.1 Å². The maximum Gasteiger partial charge on any atom is 0.292 e. The Morgan fingerprint density at radius 2 is 2.20 bits per heavy atom. The number of nitrogens with zero attached hydrogens (tertiary/aromatic N) is 1. The van der Waals surface area contributed by atoms with E-state index in [0.717, 1.165) is 11.0 Å². The third-order valence-electron chi connectivity index (χ3n) is 1.85. The maximum absolute atomic E-state index is 10.7. The molecule has 0 unspecified atom stereocenters. The summed E-state index contributed by atoms with van der Waals surface area (Å²) in [4.78, 5) is 10.3. The van der Waals surface area contributed by atoms with Crippen molar-refractivity contribution in [2.24, 2.45) is 0 Å². The molecule has 0 fully saturated rings. The van der Waals surface area contributed by atoms with Crippen LogP contribution in [0.1, 0.15) is 0 Å². The van der Waals surface area contributed by atoms with E-state index < -0.39 is 4.92 Å². The molecule has 0 bridgehead atoms. The summed E-state index contributed by atoms with van der Waals surface area (Å²) in [6, 6.07) is 4.83. The van der Waals surface area contributed by atoms with Crippen molar-refractivity contribution in [3.8, 4) is 0 Å². The van der Waals surface area contributed by atoms with Crippen molar-refractivity contribution < 1.29 is 4.92 Å². The summed E-state index contributed by atoms with van der Waals surface area (Å²) in [7, 11) is 1.83. The van der Waals surface area contributed by atoms with Crippen LogP contribution in [0.15, 0.2) is 22.7 Å². The molecule has 0 aliphatic rings. The van der Waals surface area contributed by atoms with Crippen molar-refractivity contribution in [1.29, 1.82) is 0 Å². The lowest BCUT2D eigenvalue weighted by Crippen LogP contribution is -2.18. The van der Waals surface area contributed by atoms with Crippen LogP contribution in [0.5, 0.6) is 0 Å². The highest BCUT2D eigenvalue weighted by Crippen LogP contribution is 2.27. The first-order valence-electron chi connectivity index (χ1n) is 4.47. The molecule has 0 heterocycles. The molecule has 2 N–H and O–H groups in total. The third-order valence-corrected chi connectivity index (χ3v) is 2.34. The Kier molecular flexibility index (Phi) is 4.51. The summed E-state index contributed by atoms with van der Waals surface area (Å²) in [6.07, 6.45) is 0. The number of nitro groups is 1. The van der Waals surface area contributed by atoms with Crippen molar-refractivity contribution >= 4 is 27.3 Å². The number of nitrogens with one attached hydrogen (secondary N) is 2. The highest BCUT2D eigenvalue weighted by atomic mass is 79.9. The molecule has 0 aliphatic heterocycles. The molecular formula is C9H12BrN3O2. The minimum atomic E-state index is -0.395. The number of benzene rings is 1. The lowest BCUT2D eigenvalue weighted by Gasteiger charge is -2.06. The van der Waals surface area contributed by atoms with Gasteiger partial charge in [-0.2, -0.15) is 0 Å². The number of anilines is 1. The number of rotatable bonds is 5. The molecule has 0 saturated heterocycles. The molecule has 15 heavy (non-hydrogen) atoms. The van der Waals surface area contributed by atoms with Gasteiger partial charge in [-0.05, 0) is 19.2 Å². The Morgan fingerprint density at radius 3 is 2.80 bits per heavy atom. The second-order valence-corrected chi connectivity index (χ2v) is 3.86. The lowest BCUT2D eigenvalue weighted by atomic mass is 10.2. The van der Waals surface area contributed by atoms with Crippen LogP contribution < -0.4 is 10.6 Å². The highest BCUT2D eigenvalue weighted by molar-refractivity contribution is 9.10. The molecule has 0 aliphatic carbocycles. The zero-order valence-electron chi connectivity index (χ0n) is 8.29. The maximum atomic E-state index is 10.7. The van der Waals surface area contributed by atoms with E-state index in [2.05, 4.69) is 26.6 Å². The number of halogens is 1. The van der Waals surface area contributed by atoms with Crippen molar-refractivity contribution in [3.63, 3.8) is 0 Å². The summed E-state index contributed by atoms with van der Waals surface area (Å²) in [5, 5.41) is 16.7. The monoisotopic (exact) mass is 273 g/mol. The van der Waals surface area contributed by atoms with Gasteiger partial charge in [-0.15, -0.1) is 0 Å². The fourth-order valence-corrected chi connectivity index (χ4v) is 1.49. The van der Waals surface area contributed by atoms with Gasteiger partial charge in [-0.1, -0.05) is 15.9 Å². The Balaban J connectivity index is 2.82. The minimum Gasteiger partial charge on any atom is -0.378 e. The van der Waals surface area contributed by atoms with Gasteiger partial charge >= 0.3 is 0 Å². The molecule has 82 valence electrons. The van der Waals surface area contributed by atoms with Crippen LogP contribution in [0, 0.1) is 10.1 Å². The average Bonchev–Trinajstić information content (AvgIpc) is 2.18. The Hall–Kier alpha value is -1.14. The number of hydrogen-bond donors (Lipinski definition) is 2. The van der Waals surface area contributed by atoms with Gasteiger partial charge in [-0.3, -0.25) is 10.1 Å². The van der Waals surface area contributed by atoms with Gasteiger partial charge in [0, 0.05) is 23.6 Å². The summed E-state index contributed by atoms with van der Waals surface area (Å²) in [5.74, 6) is 0. The average molecular weight is 274 g/mol. The first-order chi connectivity index (χ1) is 7.15. The molecule has 1 aromatic carbocycles. The summed E-state index contributed by atoms with van der Waals surface area (Å²) >= 11 is 3.28. The Labute approximate surface area is 96.1 Å². The van der Waals surface area contributed by atoms with Gasteiger partial charge < -0.3 is 10.6 Å². The first kappa shape index (κ1) is 11.9. The molecule has 1 aromatic rings. The van der Waals surface area contributed by atoms with Gasteiger partial charge in [0.25, 0.3) is 5.69 Å².